The van der Waals surface area contributed by atoms with Gasteiger partial charge in [0.15, 0.2) is 0 Å². The highest BCUT2D eigenvalue weighted by atomic mass is 35.5. The summed E-state index contributed by atoms with van der Waals surface area (Å²) >= 11 is 6.22. The molecule has 1 aliphatic heterocycles. The normalized spacial score (nSPS) is 16.7. The summed E-state index contributed by atoms with van der Waals surface area (Å²) in [6, 6.07) is 5.47. The van der Waals surface area contributed by atoms with Crippen molar-refractivity contribution in [3.05, 3.63) is 58.6 Å². The number of carbonyl (C=O) groups is 1. The van der Waals surface area contributed by atoms with Crippen molar-refractivity contribution in [1.82, 2.24) is 14.9 Å². The highest BCUT2D eigenvalue weighted by molar-refractivity contribution is 6.30. The van der Waals surface area contributed by atoms with E-state index in [1.54, 1.807) is 24.2 Å². The van der Waals surface area contributed by atoms with E-state index in [2.05, 4.69) is 21.4 Å². The molecular formula is C20H23ClN4O2. The molecule has 1 unspecified atom stereocenters. The van der Waals surface area contributed by atoms with Crippen molar-refractivity contribution in [2.75, 3.05) is 25.5 Å². The van der Waals surface area contributed by atoms with Crippen LogP contribution in [0.15, 0.2) is 36.7 Å². The molecule has 1 atom stereocenters. The number of anilines is 1. The molecule has 0 spiro atoms. The van der Waals surface area contributed by atoms with Crippen LogP contribution in [-0.2, 0) is 4.74 Å². The van der Waals surface area contributed by atoms with Gasteiger partial charge in [-0.2, -0.15) is 0 Å². The first kappa shape index (κ1) is 19.2. The van der Waals surface area contributed by atoms with E-state index in [0.29, 0.717) is 30.4 Å². The number of nitrogens with one attached hydrogen (secondary N) is 1. The van der Waals surface area contributed by atoms with Crippen molar-refractivity contribution >= 4 is 29.0 Å². The number of rotatable bonds is 4. The Hall–Kier alpha value is -2.60. The topological polar surface area (TPSA) is 67.3 Å². The summed E-state index contributed by atoms with van der Waals surface area (Å²) in [5.74, 6) is 0.689. The number of benzene rings is 1. The molecule has 7 heteroatoms. The number of aryl methyl sites for hydroxylation is 1. The van der Waals surface area contributed by atoms with Gasteiger partial charge in [0, 0.05) is 47.8 Å². The summed E-state index contributed by atoms with van der Waals surface area (Å²) < 4.78 is 5.25. The Balaban J connectivity index is 2.04. The van der Waals surface area contributed by atoms with Gasteiger partial charge in [0.05, 0.1) is 12.6 Å². The molecule has 1 aliphatic rings. The van der Waals surface area contributed by atoms with E-state index in [4.69, 9.17) is 16.3 Å². The first-order chi connectivity index (χ1) is 13.0. The van der Waals surface area contributed by atoms with E-state index >= 15 is 0 Å². The van der Waals surface area contributed by atoms with Crippen LogP contribution in [0.1, 0.15) is 36.3 Å². The van der Waals surface area contributed by atoms with Crippen LogP contribution < -0.4 is 5.32 Å². The second kappa shape index (κ2) is 8.39. The molecule has 0 saturated heterocycles. The molecule has 6 nitrogen and oxygen atoms in total. The highest BCUT2D eigenvalue weighted by Gasteiger charge is 2.30. The third-order valence-corrected chi connectivity index (χ3v) is 4.79. The highest BCUT2D eigenvalue weighted by Crippen LogP contribution is 2.37. The van der Waals surface area contributed by atoms with E-state index in [-0.39, 0.29) is 12.1 Å². The average molecular weight is 387 g/mol. The quantitative estimate of drug-likeness (QED) is 0.839. The summed E-state index contributed by atoms with van der Waals surface area (Å²) in [4.78, 5) is 22.8. The van der Waals surface area contributed by atoms with Gasteiger partial charge >= 0.3 is 6.09 Å². The largest absolute Gasteiger partial charge is 0.450 e. The zero-order valence-electron chi connectivity index (χ0n) is 15.7. The molecule has 2 heterocycles. The van der Waals surface area contributed by atoms with E-state index < -0.39 is 0 Å². The van der Waals surface area contributed by atoms with Gasteiger partial charge in [-0.25, -0.2) is 14.8 Å². The molecule has 1 aromatic carbocycles. The van der Waals surface area contributed by atoms with Crippen LogP contribution in [-0.4, -0.2) is 41.2 Å². The lowest BCUT2D eigenvalue weighted by Gasteiger charge is -2.34. The van der Waals surface area contributed by atoms with Gasteiger partial charge < -0.3 is 10.1 Å². The maximum absolute atomic E-state index is 12.5. The summed E-state index contributed by atoms with van der Waals surface area (Å²) in [6.07, 6.45) is 5.96. The first-order valence-corrected chi connectivity index (χ1v) is 9.31. The van der Waals surface area contributed by atoms with Gasteiger partial charge in [0.1, 0.15) is 5.82 Å². The number of nitrogens with zero attached hydrogens (tertiary/aromatic N) is 3. The minimum atomic E-state index is -0.335. The van der Waals surface area contributed by atoms with Gasteiger partial charge in [-0.15, -0.1) is 0 Å². The van der Waals surface area contributed by atoms with Crippen molar-refractivity contribution in [1.29, 1.82) is 0 Å². The standard InChI is InChI=1S/C20H23ClN4O2/c1-4-27-20(26)25-8-7-14(17-10-16(21)5-6-18(17)22-3)9-19(25)15-11-23-13(2)24-12-15/h5-6,9-12,19,22H,4,7-8H2,1-3H3. The molecule has 1 aromatic heterocycles. The van der Waals surface area contributed by atoms with E-state index in [1.807, 2.05) is 32.2 Å². The summed E-state index contributed by atoms with van der Waals surface area (Å²) in [7, 11) is 1.88. The number of halogens is 1. The Morgan fingerprint density at radius 1 is 1.37 bits per heavy atom. The molecule has 3 rings (SSSR count). The van der Waals surface area contributed by atoms with Crippen molar-refractivity contribution in [2.45, 2.75) is 26.3 Å². The third-order valence-electron chi connectivity index (χ3n) is 4.56. The fraction of sp³-hybridized carbons (Fsp3) is 0.350. The molecule has 1 amide bonds. The van der Waals surface area contributed by atoms with Crippen molar-refractivity contribution in [3.63, 3.8) is 0 Å². The number of hydrogen-bond donors (Lipinski definition) is 1. The second-order valence-corrected chi connectivity index (χ2v) is 6.72. The van der Waals surface area contributed by atoms with Gasteiger partial charge in [-0.1, -0.05) is 17.7 Å². The first-order valence-electron chi connectivity index (χ1n) is 8.93. The van der Waals surface area contributed by atoms with Crippen LogP contribution in [0, 0.1) is 6.92 Å². The Morgan fingerprint density at radius 3 is 2.78 bits per heavy atom. The smallest absolute Gasteiger partial charge is 0.410 e. The van der Waals surface area contributed by atoms with Crippen LogP contribution in [0.2, 0.25) is 5.02 Å². The van der Waals surface area contributed by atoms with E-state index in [9.17, 15) is 4.79 Å². The molecule has 142 valence electrons. The zero-order valence-corrected chi connectivity index (χ0v) is 16.5. The maximum Gasteiger partial charge on any atom is 0.410 e. The molecular weight excluding hydrogens is 364 g/mol. The Morgan fingerprint density at radius 2 is 2.11 bits per heavy atom. The number of ether oxygens (including phenoxy) is 1. The fourth-order valence-electron chi connectivity index (χ4n) is 3.21. The fourth-order valence-corrected chi connectivity index (χ4v) is 3.38. The van der Waals surface area contributed by atoms with Gasteiger partial charge in [-0.3, -0.25) is 4.90 Å². The number of hydrogen-bond acceptors (Lipinski definition) is 5. The van der Waals surface area contributed by atoms with Crippen LogP contribution in [0.4, 0.5) is 10.5 Å². The molecule has 0 fully saturated rings. The maximum atomic E-state index is 12.5. The second-order valence-electron chi connectivity index (χ2n) is 6.28. The Labute approximate surface area is 164 Å². The lowest BCUT2D eigenvalue weighted by Crippen LogP contribution is -2.38. The van der Waals surface area contributed by atoms with Crippen molar-refractivity contribution < 1.29 is 9.53 Å². The SMILES string of the molecule is CCOC(=O)N1CCC(c2cc(Cl)ccc2NC)=CC1c1cnc(C)nc1. The lowest BCUT2D eigenvalue weighted by molar-refractivity contribution is 0.0967. The average Bonchev–Trinajstić information content (AvgIpc) is 2.68. The van der Waals surface area contributed by atoms with E-state index in [0.717, 1.165) is 22.4 Å². The monoisotopic (exact) mass is 386 g/mol. The Bertz CT molecular complexity index is 852. The Kier molecular flexibility index (Phi) is 5.96. The molecule has 0 saturated carbocycles. The van der Waals surface area contributed by atoms with Crippen LogP contribution >= 0.6 is 11.6 Å². The predicted octanol–water partition coefficient (Wildman–Crippen LogP) is 4.47. The van der Waals surface area contributed by atoms with Gasteiger partial charge in [0.2, 0.25) is 0 Å². The zero-order chi connectivity index (χ0) is 19.4. The molecule has 0 radical (unpaired) electrons. The molecule has 27 heavy (non-hydrogen) atoms. The lowest BCUT2D eigenvalue weighted by atomic mass is 9.92. The summed E-state index contributed by atoms with van der Waals surface area (Å²) in [5, 5.41) is 3.88. The number of aromatic nitrogens is 2. The van der Waals surface area contributed by atoms with E-state index in [1.165, 1.54) is 0 Å². The third kappa shape index (κ3) is 4.22. The number of amides is 1. The van der Waals surface area contributed by atoms with Gasteiger partial charge in [0.25, 0.3) is 0 Å². The summed E-state index contributed by atoms with van der Waals surface area (Å²) in [6.45, 7) is 4.51. The molecule has 1 N–H and O–H groups in total. The summed E-state index contributed by atoms with van der Waals surface area (Å²) in [5.41, 5.74) is 3.99. The van der Waals surface area contributed by atoms with Crippen LogP contribution in [0.3, 0.4) is 0 Å². The molecule has 2 aromatic rings. The van der Waals surface area contributed by atoms with Crippen molar-refractivity contribution in [2.24, 2.45) is 0 Å². The number of carbonyl (C=O) groups excluding carboxylic acids is 1. The predicted molar refractivity (Wildman–Crippen MR) is 107 cm³/mol. The van der Waals surface area contributed by atoms with Gasteiger partial charge in [-0.05, 0) is 44.0 Å². The minimum absolute atomic E-state index is 0.294. The molecule has 0 aliphatic carbocycles. The van der Waals surface area contributed by atoms with Crippen LogP contribution in [0.25, 0.3) is 5.57 Å². The minimum Gasteiger partial charge on any atom is -0.450 e. The van der Waals surface area contributed by atoms with Crippen molar-refractivity contribution in [3.8, 4) is 0 Å². The van der Waals surface area contributed by atoms with Crippen LogP contribution in [0.5, 0.6) is 0 Å². The molecule has 0 bridgehead atoms.